The van der Waals surface area contributed by atoms with E-state index in [0.29, 0.717) is 19.4 Å². The molecule has 0 aromatic heterocycles. The van der Waals surface area contributed by atoms with Crippen molar-refractivity contribution in [3.05, 3.63) is 12.2 Å². The summed E-state index contributed by atoms with van der Waals surface area (Å²) in [5.41, 5.74) is -2.21. The van der Waals surface area contributed by atoms with Crippen molar-refractivity contribution >= 4 is 0 Å². The lowest BCUT2D eigenvalue weighted by atomic mass is 9.32. The Balaban J connectivity index is 0.910. The van der Waals surface area contributed by atoms with Crippen LogP contribution in [0, 0.1) is 50.2 Å². The molecular formula is C48H78O18. The number of hydrogen-bond acceptors (Lipinski definition) is 18. The van der Waals surface area contributed by atoms with Gasteiger partial charge in [-0.1, -0.05) is 53.7 Å². The minimum atomic E-state index is -1.87. The molecule has 8 fully saturated rings. The zero-order chi connectivity index (χ0) is 47.9. The molecule has 4 saturated carbocycles. The molecule has 0 radical (unpaired) electrons. The van der Waals surface area contributed by atoms with Gasteiger partial charge in [-0.05, 0) is 86.4 Å². The largest absolute Gasteiger partial charge is 0.396 e. The Morgan fingerprint density at radius 2 is 1.29 bits per heavy atom. The lowest BCUT2D eigenvalue weighted by Gasteiger charge is -2.73. The number of aliphatic hydroxyl groups is 11. The second-order valence-electron chi connectivity index (χ2n) is 23.8. The van der Waals surface area contributed by atoms with Gasteiger partial charge in [0.1, 0.15) is 67.1 Å². The van der Waals surface area contributed by atoms with Crippen molar-refractivity contribution in [3.8, 4) is 0 Å². The van der Waals surface area contributed by atoms with E-state index in [4.69, 9.17) is 33.2 Å². The maximum atomic E-state index is 12.2. The minimum Gasteiger partial charge on any atom is -0.396 e. The molecule has 26 atom stereocenters. The highest BCUT2D eigenvalue weighted by molar-refractivity contribution is 5.36. The fourth-order valence-corrected chi connectivity index (χ4v) is 15.7. The van der Waals surface area contributed by atoms with Crippen molar-refractivity contribution in [2.45, 2.75) is 210 Å². The number of rotatable bonds is 9. The first-order chi connectivity index (χ1) is 30.9. The Hall–Kier alpha value is -0.980. The average Bonchev–Trinajstić information content (AvgIpc) is 3.55. The van der Waals surface area contributed by atoms with Gasteiger partial charge in [-0.3, -0.25) is 0 Å². The molecule has 66 heavy (non-hydrogen) atoms. The van der Waals surface area contributed by atoms with Crippen molar-refractivity contribution in [1.82, 2.24) is 0 Å². The minimum absolute atomic E-state index is 0.0172. The quantitative estimate of drug-likeness (QED) is 0.104. The third kappa shape index (κ3) is 7.08. The average molecular weight is 943 g/mol. The molecule has 1 spiro atoms. The zero-order valence-electron chi connectivity index (χ0n) is 39.5. The number of ether oxygens (including phenoxy) is 7. The Morgan fingerprint density at radius 1 is 0.636 bits per heavy atom. The molecule has 4 aliphatic heterocycles. The molecule has 11 N–H and O–H groups in total. The maximum absolute atomic E-state index is 12.2. The van der Waals surface area contributed by atoms with Crippen molar-refractivity contribution in [2.24, 2.45) is 50.2 Å². The first kappa shape index (κ1) is 50.0. The van der Waals surface area contributed by atoms with Crippen LogP contribution in [-0.2, 0) is 33.2 Å². The second kappa shape index (κ2) is 17.1. The van der Waals surface area contributed by atoms with Gasteiger partial charge in [-0.15, -0.1) is 0 Å². The van der Waals surface area contributed by atoms with Gasteiger partial charge in [0.05, 0.1) is 50.3 Å². The predicted molar refractivity (Wildman–Crippen MR) is 229 cm³/mol. The number of allylic oxidation sites excluding steroid dienone is 1. The van der Waals surface area contributed by atoms with Crippen molar-refractivity contribution in [2.75, 3.05) is 26.4 Å². The molecule has 4 heterocycles. The van der Waals surface area contributed by atoms with Crippen LogP contribution in [0.3, 0.4) is 0 Å². The third-order valence-corrected chi connectivity index (χ3v) is 20.0. The Morgan fingerprint density at radius 3 is 1.97 bits per heavy atom. The van der Waals surface area contributed by atoms with Gasteiger partial charge in [0.2, 0.25) is 0 Å². The van der Waals surface area contributed by atoms with Crippen LogP contribution in [-0.4, -0.2) is 193 Å². The summed E-state index contributed by atoms with van der Waals surface area (Å²) in [5, 5.41) is 120. The van der Waals surface area contributed by atoms with Crippen LogP contribution in [0.1, 0.15) is 99.8 Å². The van der Waals surface area contributed by atoms with E-state index < -0.39 is 129 Å². The molecule has 9 rings (SSSR count). The molecule has 0 aromatic rings. The highest BCUT2D eigenvalue weighted by atomic mass is 16.7. The molecule has 0 amide bonds. The number of fused-ring (bicyclic) bond motifs is 4. The molecule has 2 bridgehead atoms. The van der Waals surface area contributed by atoms with E-state index in [-0.39, 0.29) is 51.4 Å². The van der Waals surface area contributed by atoms with Crippen LogP contribution in [0.2, 0.25) is 0 Å². The Kier molecular flexibility index (Phi) is 12.9. The molecule has 9 aliphatic rings. The van der Waals surface area contributed by atoms with Gasteiger partial charge < -0.3 is 89.3 Å². The summed E-state index contributed by atoms with van der Waals surface area (Å²) in [6, 6.07) is 0. The highest BCUT2D eigenvalue weighted by Gasteiger charge is 2.79. The van der Waals surface area contributed by atoms with Gasteiger partial charge in [0.25, 0.3) is 0 Å². The molecular weight excluding hydrogens is 865 g/mol. The molecule has 0 aromatic carbocycles. The first-order valence-corrected chi connectivity index (χ1v) is 24.5. The van der Waals surface area contributed by atoms with Crippen LogP contribution in [0.4, 0.5) is 0 Å². The number of aliphatic hydroxyl groups excluding tert-OH is 11. The first-order valence-electron chi connectivity index (χ1n) is 24.5. The van der Waals surface area contributed by atoms with Crippen LogP contribution in [0.5, 0.6) is 0 Å². The van der Waals surface area contributed by atoms with Crippen molar-refractivity contribution < 1.29 is 89.3 Å². The van der Waals surface area contributed by atoms with Crippen LogP contribution in [0.25, 0.3) is 0 Å². The predicted octanol–water partition coefficient (Wildman–Crippen LogP) is -0.399. The Bertz CT molecular complexity index is 1800. The van der Waals surface area contributed by atoms with E-state index in [1.165, 1.54) is 0 Å². The van der Waals surface area contributed by atoms with E-state index in [1.54, 1.807) is 6.92 Å². The summed E-state index contributed by atoms with van der Waals surface area (Å²) in [5.74, 6) is 0.310. The fraction of sp³-hybridized carbons (Fsp3) is 0.958. The van der Waals surface area contributed by atoms with Crippen molar-refractivity contribution in [3.63, 3.8) is 0 Å². The summed E-state index contributed by atoms with van der Waals surface area (Å²) < 4.78 is 42.7. The summed E-state index contributed by atoms with van der Waals surface area (Å²) in [6.45, 7) is 14.5. The summed E-state index contributed by atoms with van der Waals surface area (Å²) in [4.78, 5) is 0. The zero-order valence-corrected chi connectivity index (χ0v) is 39.5. The summed E-state index contributed by atoms with van der Waals surface area (Å²) >= 11 is 0. The SMILES string of the molecule is CC1OC(OC2CCC3(C)C(CCC4(C)C3C=CC35OCC6(CCC(C)(C)CC63)C(O)CC45C)C2(C)CO)C(O)C(OC2OC(COC3OC(CO)C(O)C(O)C3O)C(O)C(O)C2O)C1O. The molecule has 4 saturated heterocycles. The molecule has 5 aliphatic carbocycles. The van der Waals surface area contributed by atoms with E-state index in [0.717, 1.165) is 38.5 Å². The lowest BCUT2D eigenvalue weighted by Crippen LogP contribution is -2.72. The number of hydrogen-bond donors (Lipinski definition) is 11. The van der Waals surface area contributed by atoms with Crippen molar-refractivity contribution in [1.29, 1.82) is 0 Å². The monoisotopic (exact) mass is 943 g/mol. The van der Waals surface area contributed by atoms with Gasteiger partial charge in [-0.25, -0.2) is 0 Å². The smallest absolute Gasteiger partial charge is 0.187 e. The van der Waals surface area contributed by atoms with Gasteiger partial charge in [-0.2, -0.15) is 0 Å². The van der Waals surface area contributed by atoms with E-state index in [1.807, 2.05) is 6.92 Å². The maximum Gasteiger partial charge on any atom is 0.187 e. The van der Waals surface area contributed by atoms with Gasteiger partial charge >= 0.3 is 0 Å². The second-order valence-corrected chi connectivity index (χ2v) is 23.8. The molecule has 18 nitrogen and oxygen atoms in total. The third-order valence-electron chi connectivity index (χ3n) is 20.0. The van der Waals surface area contributed by atoms with E-state index in [2.05, 4.69) is 46.8 Å². The highest BCUT2D eigenvalue weighted by Crippen LogP contribution is 2.79. The molecule has 18 heteroatoms. The van der Waals surface area contributed by atoms with E-state index >= 15 is 0 Å². The molecule has 378 valence electrons. The van der Waals surface area contributed by atoms with E-state index in [9.17, 15) is 56.2 Å². The fourth-order valence-electron chi connectivity index (χ4n) is 15.7. The molecule has 26 unspecified atom stereocenters. The lowest BCUT2D eigenvalue weighted by molar-refractivity contribution is -0.371. The van der Waals surface area contributed by atoms with Crippen LogP contribution >= 0.6 is 0 Å². The standard InChI is InChI=1S/C48H78O18/c1-22-30(52)38(66-40-36(58)34(56)32(54)24(64-40)19-60-39-35(57)33(55)31(53)23(18-49)63-39)37(59)41(62-22)65-29-10-11-43(4)25(44(29,5)20-50)8-12-45(6)26(43)9-13-48-27-16-42(2,3)14-15-47(27,21-61-48)28(51)17-46(45,48)7/h9,13,22-41,49-59H,8,10-12,14-21H2,1-7H3. The van der Waals surface area contributed by atoms with Crippen LogP contribution in [0.15, 0.2) is 12.2 Å². The summed E-state index contributed by atoms with van der Waals surface area (Å²) in [6.07, 6.45) is -13.2. The van der Waals surface area contributed by atoms with Gasteiger partial charge in [0, 0.05) is 22.2 Å². The topological polar surface area (TPSA) is 287 Å². The summed E-state index contributed by atoms with van der Waals surface area (Å²) in [7, 11) is 0. The van der Waals surface area contributed by atoms with Gasteiger partial charge in [0.15, 0.2) is 18.9 Å². The normalized spacial score (nSPS) is 58.8. The van der Waals surface area contributed by atoms with Crippen LogP contribution < -0.4 is 0 Å². The Labute approximate surface area is 387 Å².